The Balaban J connectivity index is 2.19. The highest BCUT2D eigenvalue weighted by molar-refractivity contribution is 5.41. The van der Waals surface area contributed by atoms with Crippen molar-refractivity contribution in [3.8, 4) is 11.5 Å². The van der Waals surface area contributed by atoms with Gasteiger partial charge in [-0.1, -0.05) is 0 Å². The van der Waals surface area contributed by atoms with E-state index in [1.54, 1.807) is 19.4 Å². The first kappa shape index (κ1) is 14.3. The highest BCUT2D eigenvalue weighted by atomic mass is 19.1. The maximum absolute atomic E-state index is 13.0. The summed E-state index contributed by atoms with van der Waals surface area (Å²) in [4.78, 5) is 4.37. The van der Waals surface area contributed by atoms with Crippen LogP contribution < -0.4 is 9.47 Å². The van der Waals surface area contributed by atoms with Gasteiger partial charge in [0.1, 0.15) is 23.9 Å². The molecule has 1 heterocycles. The molecule has 0 amide bonds. The van der Waals surface area contributed by atoms with Crippen molar-refractivity contribution in [2.75, 3.05) is 7.11 Å². The monoisotopic (exact) mass is 275 g/mol. The second kappa shape index (κ2) is 5.90. The molecular weight excluding hydrogens is 257 g/mol. The normalized spacial score (nSPS) is 10.4. The Morgan fingerprint density at radius 3 is 2.55 bits per heavy atom. The van der Waals surface area contributed by atoms with Gasteiger partial charge in [-0.05, 0) is 44.5 Å². The number of aryl methyl sites for hydroxylation is 2. The Morgan fingerprint density at radius 2 is 1.90 bits per heavy atom. The van der Waals surface area contributed by atoms with Gasteiger partial charge in [0.05, 0.1) is 12.8 Å². The summed E-state index contributed by atoms with van der Waals surface area (Å²) in [5.41, 5.74) is 3.54. The van der Waals surface area contributed by atoms with Crippen LogP contribution in [0.4, 0.5) is 4.39 Å². The van der Waals surface area contributed by atoms with Crippen LogP contribution in [0, 0.1) is 26.6 Å². The predicted octanol–water partition coefficient (Wildman–Crippen LogP) is 3.73. The van der Waals surface area contributed by atoms with Gasteiger partial charge in [-0.3, -0.25) is 4.98 Å². The smallest absolute Gasteiger partial charge is 0.131 e. The number of methoxy groups -OCH3 is 1. The number of benzene rings is 1. The zero-order valence-corrected chi connectivity index (χ0v) is 12.2. The molecule has 0 atom stereocenters. The Labute approximate surface area is 118 Å². The van der Waals surface area contributed by atoms with Crippen LogP contribution in [0.5, 0.6) is 11.5 Å². The lowest BCUT2D eigenvalue weighted by Gasteiger charge is -2.14. The van der Waals surface area contributed by atoms with E-state index >= 15 is 0 Å². The molecule has 0 unspecified atom stereocenters. The molecule has 0 aliphatic rings. The Bertz CT molecular complexity index is 626. The van der Waals surface area contributed by atoms with E-state index in [1.165, 1.54) is 12.1 Å². The molecule has 0 aliphatic carbocycles. The van der Waals surface area contributed by atoms with Crippen LogP contribution in [-0.2, 0) is 6.61 Å². The zero-order chi connectivity index (χ0) is 14.7. The molecule has 0 bridgehead atoms. The first-order chi connectivity index (χ1) is 9.52. The van der Waals surface area contributed by atoms with Crippen LogP contribution in [0.2, 0.25) is 0 Å². The topological polar surface area (TPSA) is 31.4 Å². The number of ether oxygens (including phenoxy) is 2. The third-order valence-electron chi connectivity index (χ3n) is 3.25. The summed E-state index contributed by atoms with van der Waals surface area (Å²) >= 11 is 0. The van der Waals surface area contributed by atoms with Crippen molar-refractivity contribution in [1.29, 1.82) is 0 Å². The molecule has 1 aromatic carbocycles. The second-order valence-corrected chi connectivity index (χ2v) is 4.74. The van der Waals surface area contributed by atoms with Crippen molar-refractivity contribution in [3.63, 3.8) is 0 Å². The number of nitrogens with zero attached hydrogens (tertiary/aromatic N) is 1. The highest BCUT2D eigenvalue weighted by Crippen LogP contribution is 2.25. The molecule has 0 N–H and O–H groups in total. The standard InChI is InChI=1S/C16H18FNO2/c1-10-7-13(17)5-6-15(10)20-9-14-12(3)16(19-4)11(2)8-18-14/h5-8H,9H2,1-4H3. The third-order valence-corrected chi connectivity index (χ3v) is 3.25. The average Bonchev–Trinajstić information content (AvgIpc) is 2.40. The van der Waals surface area contributed by atoms with Gasteiger partial charge in [-0.15, -0.1) is 0 Å². The first-order valence-electron chi connectivity index (χ1n) is 6.41. The van der Waals surface area contributed by atoms with Gasteiger partial charge in [0.2, 0.25) is 0 Å². The number of hydrogen-bond acceptors (Lipinski definition) is 3. The number of halogens is 1. The molecule has 0 radical (unpaired) electrons. The lowest BCUT2D eigenvalue weighted by molar-refractivity contribution is 0.296. The summed E-state index contributed by atoms with van der Waals surface area (Å²) in [5.74, 6) is 1.22. The number of rotatable bonds is 4. The van der Waals surface area contributed by atoms with Crippen molar-refractivity contribution in [2.45, 2.75) is 27.4 Å². The van der Waals surface area contributed by atoms with Crippen molar-refractivity contribution in [2.24, 2.45) is 0 Å². The van der Waals surface area contributed by atoms with Crippen molar-refractivity contribution >= 4 is 0 Å². The number of aromatic nitrogens is 1. The maximum Gasteiger partial charge on any atom is 0.131 e. The molecule has 2 rings (SSSR count). The SMILES string of the molecule is COc1c(C)cnc(COc2ccc(F)cc2C)c1C. The fourth-order valence-corrected chi connectivity index (χ4v) is 2.14. The minimum Gasteiger partial charge on any atom is -0.496 e. The van der Waals surface area contributed by atoms with Gasteiger partial charge < -0.3 is 9.47 Å². The molecule has 0 saturated heterocycles. The van der Waals surface area contributed by atoms with E-state index in [0.717, 1.165) is 28.1 Å². The molecule has 2 aromatic rings. The lowest BCUT2D eigenvalue weighted by Crippen LogP contribution is -2.04. The summed E-state index contributed by atoms with van der Waals surface area (Å²) in [7, 11) is 1.64. The summed E-state index contributed by atoms with van der Waals surface area (Å²) in [6.45, 7) is 6.05. The van der Waals surface area contributed by atoms with Crippen LogP contribution >= 0.6 is 0 Å². The zero-order valence-electron chi connectivity index (χ0n) is 12.2. The van der Waals surface area contributed by atoms with Crippen LogP contribution in [0.25, 0.3) is 0 Å². The fraction of sp³-hybridized carbons (Fsp3) is 0.312. The van der Waals surface area contributed by atoms with Crippen molar-refractivity contribution in [3.05, 3.63) is 52.6 Å². The van der Waals surface area contributed by atoms with Crippen molar-refractivity contribution < 1.29 is 13.9 Å². The van der Waals surface area contributed by atoms with Gasteiger partial charge in [-0.25, -0.2) is 4.39 Å². The highest BCUT2D eigenvalue weighted by Gasteiger charge is 2.10. The molecule has 0 fully saturated rings. The predicted molar refractivity (Wildman–Crippen MR) is 75.7 cm³/mol. The minimum absolute atomic E-state index is 0.263. The van der Waals surface area contributed by atoms with Crippen LogP contribution in [0.3, 0.4) is 0 Å². The first-order valence-corrected chi connectivity index (χ1v) is 6.41. The van der Waals surface area contributed by atoms with Crippen LogP contribution in [0.1, 0.15) is 22.4 Å². The quantitative estimate of drug-likeness (QED) is 0.852. The average molecular weight is 275 g/mol. The summed E-state index contributed by atoms with van der Waals surface area (Å²) in [5, 5.41) is 0. The molecule has 20 heavy (non-hydrogen) atoms. The third kappa shape index (κ3) is 2.90. The molecule has 0 saturated carbocycles. The van der Waals surface area contributed by atoms with E-state index in [2.05, 4.69) is 4.98 Å². The maximum atomic E-state index is 13.0. The summed E-state index contributed by atoms with van der Waals surface area (Å²) < 4.78 is 24.1. The van der Waals surface area contributed by atoms with Gasteiger partial charge in [0, 0.05) is 17.3 Å². The fourth-order valence-electron chi connectivity index (χ4n) is 2.14. The van der Waals surface area contributed by atoms with Crippen molar-refractivity contribution in [1.82, 2.24) is 4.98 Å². The second-order valence-electron chi connectivity index (χ2n) is 4.74. The molecule has 106 valence electrons. The van der Waals surface area contributed by atoms with Crippen LogP contribution in [0.15, 0.2) is 24.4 Å². The van der Waals surface area contributed by atoms with E-state index < -0.39 is 0 Å². The Kier molecular flexibility index (Phi) is 4.23. The van der Waals surface area contributed by atoms with E-state index in [1.807, 2.05) is 20.8 Å². The van der Waals surface area contributed by atoms with E-state index in [0.29, 0.717) is 12.4 Å². The Hall–Kier alpha value is -2.10. The molecule has 0 spiro atoms. The molecule has 0 aliphatic heterocycles. The summed E-state index contributed by atoms with van der Waals surface area (Å²) in [6.07, 6.45) is 1.77. The lowest BCUT2D eigenvalue weighted by atomic mass is 10.1. The van der Waals surface area contributed by atoms with E-state index in [-0.39, 0.29) is 5.82 Å². The number of hydrogen-bond donors (Lipinski definition) is 0. The van der Waals surface area contributed by atoms with Gasteiger partial charge in [0.25, 0.3) is 0 Å². The van der Waals surface area contributed by atoms with E-state index in [9.17, 15) is 4.39 Å². The molecule has 4 heteroatoms. The largest absolute Gasteiger partial charge is 0.496 e. The molecule has 1 aromatic heterocycles. The Morgan fingerprint density at radius 1 is 1.15 bits per heavy atom. The molecular formula is C16H18FNO2. The van der Waals surface area contributed by atoms with E-state index in [4.69, 9.17) is 9.47 Å². The van der Waals surface area contributed by atoms with Gasteiger partial charge in [0.15, 0.2) is 0 Å². The number of pyridine rings is 1. The molecule has 3 nitrogen and oxygen atoms in total. The van der Waals surface area contributed by atoms with Gasteiger partial charge >= 0.3 is 0 Å². The summed E-state index contributed by atoms with van der Waals surface area (Å²) in [6, 6.07) is 4.47. The van der Waals surface area contributed by atoms with Gasteiger partial charge in [-0.2, -0.15) is 0 Å². The minimum atomic E-state index is -0.263. The van der Waals surface area contributed by atoms with Crippen LogP contribution in [-0.4, -0.2) is 12.1 Å².